The van der Waals surface area contributed by atoms with Crippen molar-refractivity contribution in [3.63, 3.8) is 0 Å². The average molecular weight is 586 g/mol. The van der Waals surface area contributed by atoms with Crippen LogP contribution in [-0.4, -0.2) is 76.7 Å². The quantitative estimate of drug-likeness (QED) is 0.139. The molecule has 5 atom stereocenters. The topological polar surface area (TPSA) is 143 Å². The van der Waals surface area contributed by atoms with Gasteiger partial charge in [-0.2, -0.15) is 0 Å². The second kappa shape index (κ2) is 14.6. The Balaban J connectivity index is 2.26. The molecule has 1 aliphatic heterocycles. The van der Waals surface area contributed by atoms with Crippen molar-refractivity contribution in [3.05, 3.63) is 25.3 Å². The second-order valence-electron chi connectivity index (χ2n) is 11.3. The van der Waals surface area contributed by atoms with Gasteiger partial charge in [-0.05, 0) is 60.3 Å². The number of ether oxygens (including phenoxy) is 1. The van der Waals surface area contributed by atoms with E-state index in [-0.39, 0.29) is 32.1 Å². The first-order valence-corrected chi connectivity index (χ1v) is 15.7. The van der Waals surface area contributed by atoms with Gasteiger partial charge in [-0.3, -0.25) is 14.2 Å². The summed E-state index contributed by atoms with van der Waals surface area (Å²) in [5, 5.41) is 14.7. The van der Waals surface area contributed by atoms with E-state index >= 15 is 0 Å². The van der Waals surface area contributed by atoms with Crippen molar-refractivity contribution in [2.24, 2.45) is 5.92 Å². The van der Waals surface area contributed by atoms with Crippen LogP contribution in [0.15, 0.2) is 25.3 Å². The summed E-state index contributed by atoms with van der Waals surface area (Å²) >= 11 is 0. The number of aliphatic hydroxyl groups is 1. The van der Waals surface area contributed by atoms with Crippen LogP contribution in [0.25, 0.3) is 0 Å². The lowest BCUT2D eigenvalue weighted by Crippen LogP contribution is -2.55. The predicted octanol–water partition coefficient (Wildman–Crippen LogP) is 4.26. The van der Waals surface area contributed by atoms with E-state index in [1.54, 1.807) is 40.7 Å². The predicted molar refractivity (Wildman–Crippen MR) is 153 cm³/mol. The van der Waals surface area contributed by atoms with Gasteiger partial charge >= 0.3 is 13.7 Å². The standard InChI is InChI=1S/C28H48N3O8P/c1-8-12-13-14-15-16-22(29-26(35)39-27(5,6)7)25(34)31-19-21(32)17-23(31)24(33)30-28(18-20(28)9-2)40(36,37-10-3)38-11-4/h8-9,20-23,32H,1-2,10-19H2,3-7H3,(H,29,35)(H,30,33)/t20-,21-,22+,23+,28+/m1/s1. The molecule has 11 nitrogen and oxygen atoms in total. The molecule has 228 valence electrons. The molecule has 3 amide bonds. The number of likely N-dealkylation sites (tertiary alicyclic amines) is 1. The second-order valence-corrected chi connectivity index (χ2v) is 13.6. The summed E-state index contributed by atoms with van der Waals surface area (Å²) in [5.41, 5.74) is -0.761. The Bertz CT molecular complexity index is 958. The summed E-state index contributed by atoms with van der Waals surface area (Å²) in [4.78, 5) is 41.3. The third-order valence-electron chi connectivity index (χ3n) is 6.95. The van der Waals surface area contributed by atoms with Crippen molar-refractivity contribution in [1.82, 2.24) is 15.5 Å². The van der Waals surface area contributed by atoms with Gasteiger partial charge in [-0.1, -0.05) is 25.0 Å². The van der Waals surface area contributed by atoms with E-state index in [0.29, 0.717) is 19.3 Å². The zero-order valence-electron chi connectivity index (χ0n) is 24.6. The molecule has 2 fully saturated rings. The lowest BCUT2D eigenvalue weighted by atomic mass is 10.1. The number of amides is 3. The molecule has 1 saturated heterocycles. The molecule has 0 aromatic rings. The minimum Gasteiger partial charge on any atom is -0.444 e. The molecule has 1 heterocycles. The number of unbranched alkanes of at least 4 members (excludes halogenated alkanes) is 3. The molecule has 0 aromatic carbocycles. The molecule has 1 saturated carbocycles. The SMILES string of the molecule is C=CCCCCC[C@H](NC(=O)OC(C)(C)C)C(=O)N1C[C@H](O)C[C@H]1C(=O)N[C@]1(P(=O)(OCC)OCC)C[C@H]1C=C. The minimum absolute atomic E-state index is 0.00151. The molecule has 0 radical (unpaired) electrons. The number of hydrogen-bond acceptors (Lipinski definition) is 8. The molecule has 2 rings (SSSR count). The Morgan fingerprint density at radius 1 is 1.15 bits per heavy atom. The van der Waals surface area contributed by atoms with Gasteiger partial charge in [0.25, 0.3) is 0 Å². The fraction of sp³-hybridized carbons (Fsp3) is 0.750. The number of alkyl carbamates (subject to hydrolysis) is 1. The molecule has 1 aliphatic carbocycles. The lowest BCUT2D eigenvalue weighted by molar-refractivity contribution is -0.140. The minimum atomic E-state index is -3.77. The van der Waals surface area contributed by atoms with Crippen molar-refractivity contribution in [2.75, 3.05) is 19.8 Å². The molecular formula is C28H48N3O8P. The Kier molecular flexibility index (Phi) is 12.4. The lowest BCUT2D eigenvalue weighted by Gasteiger charge is -2.32. The van der Waals surface area contributed by atoms with Crippen LogP contribution in [0.1, 0.15) is 79.6 Å². The van der Waals surface area contributed by atoms with E-state index in [4.69, 9.17) is 13.8 Å². The molecular weight excluding hydrogens is 537 g/mol. The fourth-order valence-electron chi connectivity index (χ4n) is 5.01. The molecule has 40 heavy (non-hydrogen) atoms. The van der Waals surface area contributed by atoms with Gasteiger partial charge in [0.1, 0.15) is 23.0 Å². The molecule has 3 N–H and O–H groups in total. The van der Waals surface area contributed by atoms with Crippen molar-refractivity contribution in [3.8, 4) is 0 Å². The largest absolute Gasteiger partial charge is 0.444 e. The first kappa shape index (κ1) is 34.0. The summed E-state index contributed by atoms with van der Waals surface area (Å²) in [6.07, 6.45) is 5.63. The Morgan fingerprint density at radius 3 is 2.33 bits per heavy atom. The van der Waals surface area contributed by atoms with Gasteiger partial charge in [0, 0.05) is 18.9 Å². The zero-order chi connectivity index (χ0) is 30.1. The van der Waals surface area contributed by atoms with Crippen LogP contribution >= 0.6 is 7.60 Å². The van der Waals surface area contributed by atoms with Crippen molar-refractivity contribution >= 4 is 25.5 Å². The van der Waals surface area contributed by atoms with Crippen LogP contribution in [0.2, 0.25) is 0 Å². The maximum absolute atomic E-state index is 13.8. The molecule has 0 spiro atoms. The number of nitrogens with zero attached hydrogens (tertiary/aromatic N) is 1. The molecule has 0 aromatic heterocycles. The Labute approximate surface area is 238 Å². The molecule has 12 heteroatoms. The van der Waals surface area contributed by atoms with E-state index in [2.05, 4.69) is 23.8 Å². The van der Waals surface area contributed by atoms with E-state index in [1.165, 1.54) is 4.90 Å². The van der Waals surface area contributed by atoms with E-state index in [0.717, 1.165) is 19.3 Å². The van der Waals surface area contributed by atoms with E-state index < -0.39 is 54.6 Å². The van der Waals surface area contributed by atoms with Crippen LogP contribution in [0.4, 0.5) is 4.79 Å². The van der Waals surface area contributed by atoms with Crippen LogP contribution < -0.4 is 10.6 Å². The van der Waals surface area contributed by atoms with Gasteiger partial charge in [-0.15, -0.1) is 13.2 Å². The fourth-order valence-corrected chi connectivity index (χ4v) is 7.41. The van der Waals surface area contributed by atoms with E-state index in [9.17, 15) is 24.1 Å². The van der Waals surface area contributed by atoms with E-state index in [1.807, 2.05) is 6.08 Å². The van der Waals surface area contributed by atoms with Crippen LogP contribution in [0.5, 0.6) is 0 Å². The number of nitrogens with one attached hydrogen (secondary N) is 2. The maximum atomic E-state index is 13.8. The van der Waals surface area contributed by atoms with Crippen molar-refractivity contribution < 1.29 is 37.8 Å². The number of allylic oxidation sites excluding steroid dienone is 1. The highest BCUT2D eigenvalue weighted by Crippen LogP contribution is 2.72. The van der Waals surface area contributed by atoms with Crippen molar-refractivity contribution in [2.45, 2.75) is 109 Å². The van der Waals surface area contributed by atoms with Crippen molar-refractivity contribution in [1.29, 1.82) is 0 Å². The average Bonchev–Trinajstić information content (AvgIpc) is 3.45. The van der Waals surface area contributed by atoms with Gasteiger partial charge in [0.15, 0.2) is 0 Å². The van der Waals surface area contributed by atoms with Gasteiger partial charge in [0.2, 0.25) is 11.8 Å². The summed E-state index contributed by atoms with van der Waals surface area (Å²) in [5.74, 6) is -1.40. The molecule has 2 aliphatic rings. The first-order chi connectivity index (χ1) is 18.8. The number of aliphatic hydroxyl groups excluding tert-OH is 1. The smallest absolute Gasteiger partial charge is 0.408 e. The van der Waals surface area contributed by atoms with Crippen LogP contribution in [0.3, 0.4) is 0 Å². The normalized spacial score (nSPS) is 25.1. The summed E-state index contributed by atoms with van der Waals surface area (Å²) in [6.45, 7) is 16.2. The summed E-state index contributed by atoms with van der Waals surface area (Å²) in [7, 11) is -3.77. The summed E-state index contributed by atoms with van der Waals surface area (Å²) in [6, 6.07) is -1.99. The maximum Gasteiger partial charge on any atom is 0.408 e. The monoisotopic (exact) mass is 585 g/mol. The highest BCUT2D eigenvalue weighted by atomic mass is 31.2. The number of hydrogen-bond donors (Lipinski definition) is 3. The number of carbonyl (C=O) groups excluding carboxylic acids is 3. The first-order valence-electron chi connectivity index (χ1n) is 14.2. The van der Waals surface area contributed by atoms with Crippen LogP contribution in [0, 0.1) is 5.92 Å². The Morgan fingerprint density at radius 2 is 1.80 bits per heavy atom. The number of carbonyl (C=O) groups is 3. The Hall–Kier alpha value is -2.20. The highest BCUT2D eigenvalue weighted by molar-refractivity contribution is 7.56. The van der Waals surface area contributed by atoms with Crippen LogP contribution in [-0.2, 0) is 27.9 Å². The molecule has 0 unspecified atom stereocenters. The van der Waals surface area contributed by atoms with Gasteiger partial charge in [0.05, 0.1) is 19.3 Å². The van der Waals surface area contributed by atoms with Gasteiger partial charge < -0.3 is 34.4 Å². The third-order valence-corrected chi connectivity index (χ3v) is 9.75. The zero-order valence-corrected chi connectivity index (χ0v) is 25.5. The number of rotatable bonds is 16. The number of β-amino-alcohol motifs (C(OH)–C–C–N with tert-alkyl or cyclic N) is 1. The highest BCUT2D eigenvalue weighted by Gasteiger charge is 2.68. The van der Waals surface area contributed by atoms with Gasteiger partial charge in [-0.25, -0.2) is 4.79 Å². The molecule has 0 bridgehead atoms. The summed E-state index contributed by atoms with van der Waals surface area (Å²) < 4.78 is 30.2. The third kappa shape index (κ3) is 8.65.